The normalized spacial score (nSPS) is 9.65. The maximum atomic E-state index is 12.0. The number of rotatable bonds is 3. The molecule has 7 heteroatoms. The van der Waals surface area contributed by atoms with E-state index in [0.29, 0.717) is 17.1 Å². The Bertz CT molecular complexity index is 678. The number of carbonyl (C=O) groups excluding carboxylic acids is 1. The van der Waals surface area contributed by atoms with Gasteiger partial charge in [0.2, 0.25) is 0 Å². The molecule has 0 unspecified atom stereocenters. The number of anilines is 2. The minimum Gasteiger partial charge on any atom is -0.372 e. The van der Waals surface area contributed by atoms with Gasteiger partial charge in [-0.2, -0.15) is 5.26 Å². The molecular weight excluding hydrogens is 322 g/mol. The Kier molecular flexibility index (Phi) is 4.27. The highest BCUT2D eigenvalue weighted by Crippen LogP contribution is 2.21. The monoisotopic (exact) mass is 331 g/mol. The second kappa shape index (κ2) is 6.12. The van der Waals surface area contributed by atoms with Crippen LogP contribution in [0.15, 0.2) is 35.1 Å². The zero-order valence-electron chi connectivity index (χ0n) is 10.5. The van der Waals surface area contributed by atoms with Gasteiger partial charge in [-0.1, -0.05) is 15.9 Å². The molecule has 2 aromatic rings. The molecule has 100 valence electrons. The third kappa shape index (κ3) is 3.10. The summed E-state index contributed by atoms with van der Waals surface area (Å²) in [5.74, 6) is 0.150. The Morgan fingerprint density at radius 3 is 2.75 bits per heavy atom. The van der Waals surface area contributed by atoms with E-state index >= 15 is 0 Å². The number of amides is 1. The van der Waals surface area contributed by atoms with E-state index in [2.05, 4.69) is 36.5 Å². The summed E-state index contributed by atoms with van der Waals surface area (Å²) in [5.41, 5.74) is 0.973. The van der Waals surface area contributed by atoms with E-state index in [-0.39, 0.29) is 5.69 Å². The first-order valence-corrected chi connectivity index (χ1v) is 6.44. The second-order valence-corrected chi connectivity index (χ2v) is 4.71. The Balaban J connectivity index is 2.23. The number of nitrogens with zero attached hydrogens (tertiary/aromatic N) is 3. The average Bonchev–Trinajstić information content (AvgIpc) is 2.47. The van der Waals surface area contributed by atoms with Crippen molar-refractivity contribution in [2.75, 3.05) is 17.7 Å². The van der Waals surface area contributed by atoms with Gasteiger partial charge in [0.25, 0.3) is 5.91 Å². The predicted octanol–water partition coefficient (Wildman–Crippen LogP) is 2.40. The largest absolute Gasteiger partial charge is 0.372 e. The van der Waals surface area contributed by atoms with Gasteiger partial charge in [0.15, 0.2) is 0 Å². The molecule has 0 fully saturated rings. The molecule has 0 radical (unpaired) electrons. The van der Waals surface area contributed by atoms with E-state index in [9.17, 15) is 4.79 Å². The summed E-state index contributed by atoms with van der Waals surface area (Å²) in [6.45, 7) is 0. The summed E-state index contributed by atoms with van der Waals surface area (Å²) in [6, 6.07) is 7.03. The number of halogens is 1. The van der Waals surface area contributed by atoms with Crippen LogP contribution in [0.3, 0.4) is 0 Å². The fourth-order valence-electron chi connectivity index (χ4n) is 1.48. The van der Waals surface area contributed by atoms with Crippen LogP contribution in [-0.2, 0) is 0 Å². The lowest BCUT2D eigenvalue weighted by Gasteiger charge is -2.07. The van der Waals surface area contributed by atoms with Crippen molar-refractivity contribution in [3.05, 3.63) is 46.3 Å². The van der Waals surface area contributed by atoms with Crippen molar-refractivity contribution < 1.29 is 4.79 Å². The van der Waals surface area contributed by atoms with Crippen LogP contribution in [0.4, 0.5) is 11.5 Å². The van der Waals surface area contributed by atoms with Crippen LogP contribution in [0, 0.1) is 11.3 Å². The fraction of sp³-hybridized carbons (Fsp3) is 0.0769. The Morgan fingerprint density at radius 1 is 1.35 bits per heavy atom. The molecule has 1 amide bonds. The van der Waals surface area contributed by atoms with Crippen LogP contribution in [0.5, 0.6) is 0 Å². The van der Waals surface area contributed by atoms with Crippen molar-refractivity contribution in [3.8, 4) is 6.07 Å². The summed E-state index contributed by atoms with van der Waals surface area (Å²) in [7, 11) is 1.71. The van der Waals surface area contributed by atoms with Crippen LogP contribution >= 0.6 is 15.9 Å². The highest BCUT2D eigenvalue weighted by molar-refractivity contribution is 9.10. The maximum Gasteiger partial charge on any atom is 0.275 e. The molecule has 0 atom stereocenters. The van der Waals surface area contributed by atoms with Gasteiger partial charge >= 0.3 is 0 Å². The number of hydrogen-bond donors (Lipinski definition) is 2. The highest BCUT2D eigenvalue weighted by Gasteiger charge is 2.11. The Labute approximate surface area is 124 Å². The summed E-state index contributed by atoms with van der Waals surface area (Å²) in [6.07, 6.45) is 2.83. The lowest BCUT2D eigenvalue weighted by Crippen LogP contribution is -2.15. The first kappa shape index (κ1) is 14.0. The highest BCUT2D eigenvalue weighted by atomic mass is 79.9. The van der Waals surface area contributed by atoms with Crippen LogP contribution in [0.1, 0.15) is 16.1 Å². The number of nitrogens with one attached hydrogen (secondary N) is 2. The van der Waals surface area contributed by atoms with E-state index in [1.54, 1.807) is 25.2 Å². The van der Waals surface area contributed by atoms with E-state index in [1.807, 2.05) is 6.07 Å². The summed E-state index contributed by atoms with van der Waals surface area (Å²) in [5, 5.41) is 14.5. The lowest BCUT2D eigenvalue weighted by molar-refractivity contribution is 0.102. The zero-order chi connectivity index (χ0) is 14.5. The topological polar surface area (TPSA) is 90.7 Å². The van der Waals surface area contributed by atoms with Gasteiger partial charge in [-0.15, -0.1) is 0 Å². The summed E-state index contributed by atoms with van der Waals surface area (Å²) < 4.78 is 0.767. The number of benzene rings is 1. The van der Waals surface area contributed by atoms with Gasteiger partial charge < -0.3 is 10.6 Å². The number of aromatic nitrogens is 2. The van der Waals surface area contributed by atoms with E-state index < -0.39 is 5.91 Å². The molecule has 0 aliphatic heterocycles. The average molecular weight is 332 g/mol. The first-order chi connectivity index (χ1) is 9.63. The van der Waals surface area contributed by atoms with Gasteiger partial charge in [0.05, 0.1) is 23.6 Å². The standard InChI is InChI=1S/C13H10BrN5O/c1-16-12-7-17-11(6-18-12)13(20)19-10-4-9(14)3-2-8(10)5-15/h2-4,6-7H,1H3,(H,16,18)(H,19,20). The van der Waals surface area contributed by atoms with Crippen molar-refractivity contribution in [3.63, 3.8) is 0 Å². The number of nitriles is 1. The molecule has 2 rings (SSSR count). The first-order valence-electron chi connectivity index (χ1n) is 5.65. The third-order valence-corrected chi connectivity index (χ3v) is 2.98. The van der Waals surface area contributed by atoms with Gasteiger partial charge in [-0.25, -0.2) is 9.97 Å². The minimum atomic E-state index is -0.422. The third-order valence-electron chi connectivity index (χ3n) is 2.49. The van der Waals surface area contributed by atoms with Crippen molar-refractivity contribution in [2.24, 2.45) is 0 Å². The SMILES string of the molecule is CNc1cnc(C(=O)Nc2cc(Br)ccc2C#N)cn1. The van der Waals surface area contributed by atoms with E-state index in [0.717, 1.165) is 4.47 Å². The molecule has 0 saturated heterocycles. The zero-order valence-corrected chi connectivity index (χ0v) is 12.1. The molecule has 0 saturated carbocycles. The second-order valence-electron chi connectivity index (χ2n) is 3.79. The maximum absolute atomic E-state index is 12.0. The summed E-state index contributed by atoms with van der Waals surface area (Å²) in [4.78, 5) is 20.0. The molecule has 1 heterocycles. The molecule has 0 aliphatic carbocycles. The summed E-state index contributed by atoms with van der Waals surface area (Å²) >= 11 is 3.29. The van der Waals surface area contributed by atoms with Crippen molar-refractivity contribution in [1.82, 2.24) is 9.97 Å². The fourth-order valence-corrected chi connectivity index (χ4v) is 1.84. The molecule has 0 spiro atoms. The molecule has 20 heavy (non-hydrogen) atoms. The minimum absolute atomic E-state index is 0.174. The quantitative estimate of drug-likeness (QED) is 0.901. The molecule has 1 aromatic heterocycles. The predicted molar refractivity (Wildman–Crippen MR) is 78.4 cm³/mol. The van der Waals surface area contributed by atoms with Gasteiger partial charge in [-0.05, 0) is 18.2 Å². The lowest BCUT2D eigenvalue weighted by atomic mass is 10.2. The van der Waals surface area contributed by atoms with E-state index in [1.165, 1.54) is 12.4 Å². The molecule has 0 aliphatic rings. The van der Waals surface area contributed by atoms with Gasteiger partial charge in [0, 0.05) is 11.5 Å². The van der Waals surface area contributed by atoms with Crippen LogP contribution in [0.2, 0.25) is 0 Å². The van der Waals surface area contributed by atoms with E-state index in [4.69, 9.17) is 5.26 Å². The van der Waals surface area contributed by atoms with Crippen LogP contribution < -0.4 is 10.6 Å². The van der Waals surface area contributed by atoms with Crippen LogP contribution in [0.25, 0.3) is 0 Å². The van der Waals surface area contributed by atoms with Gasteiger partial charge in [-0.3, -0.25) is 4.79 Å². The molecule has 0 bridgehead atoms. The van der Waals surface area contributed by atoms with Crippen molar-refractivity contribution in [2.45, 2.75) is 0 Å². The van der Waals surface area contributed by atoms with Crippen LogP contribution in [-0.4, -0.2) is 22.9 Å². The number of carbonyl (C=O) groups is 1. The smallest absolute Gasteiger partial charge is 0.275 e. The van der Waals surface area contributed by atoms with Crippen molar-refractivity contribution in [1.29, 1.82) is 5.26 Å². The molecule has 6 nitrogen and oxygen atoms in total. The Morgan fingerprint density at radius 2 is 2.15 bits per heavy atom. The molecule has 2 N–H and O–H groups in total. The Hall–Kier alpha value is -2.46. The molecular formula is C13H10BrN5O. The van der Waals surface area contributed by atoms with Crippen molar-refractivity contribution >= 4 is 33.3 Å². The number of hydrogen-bond acceptors (Lipinski definition) is 5. The van der Waals surface area contributed by atoms with Gasteiger partial charge in [0.1, 0.15) is 17.6 Å². The molecule has 1 aromatic carbocycles.